The first-order valence-corrected chi connectivity index (χ1v) is 8.53. The van der Waals surface area contributed by atoms with Gasteiger partial charge in [0, 0.05) is 11.3 Å². The fourth-order valence-electron chi connectivity index (χ4n) is 3.58. The molecule has 0 aromatic carbocycles. The van der Waals surface area contributed by atoms with Gasteiger partial charge < -0.3 is 5.32 Å². The minimum Gasteiger partial charge on any atom is -0.313 e. The van der Waals surface area contributed by atoms with Crippen molar-refractivity contribution in [3.05, 3.63) is 0 Å². The molecule has 0 radical (unpaired) electrons. The molecule has 2 unspecified atom stereocenters. The van der Waals surface area contributed by atoms with Crippen LogP contribution in [-0.2, 0) is 0 Å². The molecule has 2 saturated carbocycles. The molecule has 100 valence electrons. The van der Waals surface area contributed by atoms with Crippen LogP contribution in [0.1, 0.15) is 59.3 Å². The van der Waals surface area contributed by atoms with E-state index in [0.717, 1.165) is 23.8 Å². The topological polar surface area (TPSA) is 12.0 Å². The number of hydrogen-bond acceptors (Lipinski definition) is 2. The van der Waals surface area contributed by atoms with Crippen molar-refractivity contribution in [3.63, 3.8) is 0 Å². The van der Waals surface area contributed by atoms with Crippen LogP contribution in [-0.4, -0.2) is 23.6 Å². The molecule has 0 aliphatic heterocycles. The van der Waals surface area contributed by atoms with E-state index in [0.29, 0.717) is 5.41 Å². The highest BCUT2D eigenvalue weighted by Crippen LogP contribution is 2.44. The van der Waals surface area contributed by atoms with Crippen LogP contribution in [0.4, 0.5) is 0 Å². The molecule has 0 aromatic rings. The fourth-order valence-corrected chi connectivity index (χ4v) is 5.38. The van der Waals surface area contributed by atoms with E-state index in [4.69, 9.17) is 0 Å². The van der Waals surface area contributed by atoms with Gasteiger partial charge in [0.15, 0.2) is 0 Å². The lowest BCUT2D eigenvalue weighted by Crippen LogP contribution is -2.43. The van der Waals surface area contributed by atoms with Gasteiger partial charge in [-0.05, 0) is 49.3 Å². The third kappa shape index (κ3) is 3.41. The Morgan fingerprint density at radius 1 is 1.18 bits per heavy atom. The quantitative estimate of drug-likeness (QED) is 0.794. The molecule has 0 bridgehead atoms. The summed E-state index contributed by atoms with van der Waals surface area (Å²) < 4.78 is 0. The van der Waals surface area contributed by atoms with Crippen molar-refractivity contribution in [1.29, 1.82) is 0 Å². The Bertz CT molecular complexity index is 233. The van der Waals surface area contributed by atoms with E-state index in [-0.39, 0.29) is 0 Å². The zero-order valence-corrected chi connectivity index (χ0v) is 12.6. The van der Waals surface area contributed by atoms with Crippen LogP contribution in [0.5, 0.6) is 0 Å². The van der Waals surface area contributed by atoms with E-state index >= 15 is 0 Å². The molecule has 0 heterocycles. The Kier molecular flexibility index (Phi) is 4.82. The number of rotatable bonds is 5. The van der Waals surface area contributed by atoms with E-state index in [1.54, 1.807) is 0 Å². The normalized spacial score (nSPS) is 33.4. The molecule has 2 atom stereocenters. The first kappa shape index (κ1) is 13.7. The molecule has 2 fully saturated rings. The maximum absolute atomic E-state index is 3.74. The van der Waals surface area contributed by atoms with Crippen molar-refractivity contribution in [1.82, 2.24) is 5.32 Å². The lowest BCUT2D eigenvalue weighted by Gasteiger charge is -2.31. The summed E-state index contributed by atoms with van der Waals surface area (Å²) in [6.07, 6.45) is 8.77. The van der Waals surface area contributed by atoms with Gasteiger partial charge in [-0.3, -0.25) is 0 Å². The number of hydrogen-bond donors (Lipinski definition) is 1. The van der Waals surface area contributed by atoms with Crippen LogP contribution in [0, 0.1) is 11.3 Å². The van der Waals surface area contributed by atoms with Crippen LogP contribution >= 0.6 is 11.8 Å². The van der Waals surface area contributed by atoms with Crippen molar-refractivity contribution in [2.45, 2.75) is 70.6 Å². The molecule has 17 heavy (non-hydrogen) atoms. The van der Waals surface area contributed by atoms with E-state index in [9.17, 15) is 0 Å². The van der Waals surface area contributed by atoms with Gasteiger partial charge in [0.25, 0.3) is 0 Å². The van der Waals surface area contributed by atoms with E-state index in [1.165, 1.54) is 44.3 Å². The van der Waals surface area contributed by atoms with Crippen molar-refractivity contribution in [2.75, 3.05) is 12.3 Å². The lowest BCUT2D eigenvalue weighted by molar-refractivity contribution is 0.290. The van der Waals surface area contributed by atoms with Crippen molar-refractivity contribution >= 4 is 11.8 Å². The molecule has 2 heteroatoms. The van der Waals surface area contributed by atoms with Crippen LogP contribution in [0.2, 0.25) is 0 Å². The first-order chi connectivity index (χ1) is 8.13. The smallest absolute Gasteiger partial charge is 0.0237 e. The van der Waals surface area contributed by atoms with Gasteiger partial charge in [0.2, 0.25) is 0 Å². The number of nitrogens with one attached hydrogen (secondary N) is 1. The Morgan fingerprint density at radius 2 is 1.88 bits per heavy atom. The Hall–Kier alpha value is 0.310. The molecule has 0 saturated heterocycles. The van der Waals surface area contributed by atoms with Crippen LogP contribution in [0.15, 0.2) is 0 Å². The third-order valence-corrected chi connectivity index (χ3v) is 6.33. The second-order valence-electron chi connectivity index (χ2n) is 6.58. The molecule has 2 aliphatic carbocycles. The van der Waals surface area contributed by atoms with Gasteiger partial charge in [0.05, 0.1) is 0 Å². The van der Waals surface area contributed by atoms with Gasteiger partial charge in [-0.1, -0.05) is 33.6 Å². The molecule has 1 N–H and O–H groups in total. The molecule has 2 aliphatic rings. The summed E-state index contributed by atoms with van der Waals surface area (Å²) in [5.74, 6) is 2.45. The molecule has 0 spiro atoms. The Morgan fingerprint density at radius 3 is 2.53 bits per heavy atom. The van der Waals surface area contributed by atoms with Gasteiger partial charge in [0.1, 0.15) is 0 Å². The molecule has 1 nitrogen and oxygen atoms in total. The minimum absolute atomic E-state index is 0.503. The molecule has 0 aromatic heterocycles. The van der Waals surface area contributed by atoms with Gasteiger partial charge in [-0.15, -0.1) is 0 Å². The number of thioether (sulfide) groups is 1. The maximum atomic E-state index is 3.74. The molecular weight excluding hydrogens is 226 g/mol. The van der Waals surface area contributed by atoms with Crippen LogP contribution < -0.4 is 5.32 Å². The van der Waals surface area contributed by atoms with Crippen LogP contribution in [0.3, 0.4) is 0 Å². The molecular formula is C15H29NS. The van der Waals surface area contributed by atoms with Gasteiger partial charge >= 0.3 is 0 Å². The highest BCUT2D eigenvalue weighted by molar-refractivity contribution is 8.00. The monoisotopic (exact) mass is 255 g/mol. The van der Waals surface area contributed by atoms with Crippen molar-refractivity contribution in [2.24, 2.45) is 11.3 Å². The zero-order chi connectivity index (χ0) is 12.3. The predicted molar refractivity (Wildman–Crippen MR) is 78.7 cm³/mol. The summed E-state index contributed by atoms with van der Waals surface area (Å²) >= 11 is 2.27. The van der Waals surface area contributed by atoms with E-state index in [1.807, 2.05) is 0 Å². The van der Waals surface area contributed by atoms with Crippen LogP contribution in [0.25, 0.3) is 0 Å². The van der Waals surface area contributed by atoms with Crippen molar-refractivity contribution < 1.29 is 0 Å². The summed E-state index contributed by atoms with van der Waals surface area (Å²) in [6, 6.07) is 0.735. The highest BCUT2D eigenvalue weighted by Gasteiger charge is 2.41. The van der Waals surface area contributed by atoms with E-state index < -0.39 is 0 Å². The summed E-state index contributed by atoms with van der Waals surface area (Å²) in [4.78, 5) is 0. The second-order valence-corrected chi connectivity index (χ2v) is 7.86. The van der Waals surface area contributed by atoms with Crippen molar-refractivity contribution in [3.8, 4) is 0 Å². The SMILES string of the molecule is CCNC1C(SCC2CCCC2)CCC1(C)C. The summed E-state index contributed by atoms with van der Waals surface area (Å²) in [5.41, 5.74) is 0.503. The van der Waals surface area contributed by atoms with Gasteiger partial charge in [-0.25, -0.2) is 0 Å². The Balaban J connectivity index is 1.82. The highest BCUT2D eigenvalue weighted by atomic mass is 32.2. The summed E-state index contributed by atoms with van der Waals surface area (Å²) in [7, 11) is 0. The maximum Gasteiger partial charge on any atom is 0.0237 e. The minimum atomic E-state index is 0.503. The largest absolute Gasteiger partial charge is 0.313 e. The first-order valence-electron chi connectivity index (χ1n) is 7.48. The predicted octanol–water partition coefficient (Wildman–Crippen LogP) is 4.08. The summed E-state index contributed by atoms with van der Waals surface area (Å²) in [5, 5.41) is 4.61. The lowest BCUT2D eigenvalue weighted by atomic mass is 9.87. The average Bonchev–Trinajstić information content (AvgIpc) is 2.87. The average molecular weight is 255 g/mol. The van der Waals surface area contributed by atoms with E-state index in [2.05, 4.69) is 37.8 Å². The van der Waals surface area contributed by atoms with Gasteiger partial charge in [-0.2, -0.15) is 11.8 Å². The zero-order valence-electron chi connectivity index (χ0n) is 11.8. The summed E-state index contributed by atoms with van der Waals surface area (Å²) in [6.45, 7) is 8.24. The second kappa shape index (κ2) is 5.97. The fraction of sp³-hybridized carbons (Fsp3) is 1.00. The molecule has 0 amide bonds. The standard InChI is InChI=1S/C15H29NS/c1-4-16-14-13(9-10-15(14,2)3)17-11-12-7-5-6-8-12/h12-14,16H,4-11H2,1-3H3. The molecule has 2 rings (SSSR count). The third-order valence-electron chi connectivity index (χ3n) is 4.73. The Labute approximate surface area is 112 Å².